The Morgan fingerprint density at radius 1 is 1.62 bits per heavy atom. The number of aryl methyl sites for hydroxylation is 1. The molecule has 5 heteroatoms. The van der Waals surface area contributed by atoms with Gasteiger partial charge in [-0.1, -0.05) is 13.3 Å². The molecule has 0 fully saturated rings. The summed E-state index contributed by atoms with van der Waals surface area (Å²) in [5.74, 6) is -0.444. The first-order chi connectivity index (χ1) is 7.56. The van der Waals surface area contributed by atoms with E-state index in [2.05, 4.69) is 24.1 Å². The van der Waals surface area contributed by atoms with Gasteiger partial charge >= 0.3 is 0 Å². The summed E-state index contributed by atoms with van der Waals surface area (Å²) in [5.41, 5.74) is 6.10. The Bertz CT molecular complexity index is 362. The molecule has 90 valence electrons. The fraction of sp³-hybridized carbons (Fsp3) is 0.636. The third-order valence-electron chi connectivity index (χ3n) is 2.42. The van der Waals surface area contributed by atoms with E-state index in [1.54, 1.807) is 0 Å². The maximum Gasteiger partial charge on any atom is 0.277 e. The van der Waals surface area contributed by atoms with Crippen molar-refractivity contribution >= 4 is 17.2 Å². The van der Waals surface area contributed by atoms with Gasteiger partial charge in [0, 0.05) is 10.9 Å². The standard InChI is InChI=1S/C11H19N3OS/c1-4-5-6-13-7(2)9-8(3)14-11(16-9)10(12)15/h7,13H,4-6H2,1-3H3,(H2,12,15). The van der Waals surface area contributed by atoms with Crippen molar-refractivity contribution in [3.8, 4) is 0 Å². The summed E-state index contributed by atoms with van der Waals surface area (Å²) in [5, 5.41) is 3.81. The minimum atomic E-state index is -0.444. The molecule has 3 N–H and O–H groups in total. The molecule has 1 unspecified atom stereocenters. The second-order valence-corrected chi connectivity index (χ2v) is 4.89. The number of aromatic nitrogens is 1. The van der Waals surface area contributed by atoms with Gasteiger partial charge in [0.2, 0.25) is 0 Å². The van der Waals surface area contributed by atoms with Crippen LogP contribution in [0.1, 0.15) is 53.1 Å². The summed E-state index contributed by atoms with van der Waals surface area (Å²) in [6.45, 7) is 7.15. The molecule has 1 atom stereocenters. The number of hydrogen-bond donors (Lipinski definition) is 2. The fourth-order valence-electron chi connectivity index (χ4n) is 1.50. The zero-order valence-electron chi connectivity index (χ0n) is 10.0. The molecule has 1 aromatic heterocycles. The quantitative estimate of drug-likeness (QED) is 0.748. The van der Waals surface area contributed by atoms with Gasteiger partial charge in [0.25, 0.3) is 5.91 Å². The number of rotatable bonds is 6. The average molecular weight is 241 g/mol. The summed E-state index contributed by atoms with van der Waals surface area (Å²) in [6, 6.07) is 0.233. The number of thiazole rings is 1. The molecule has 4 nitrogen and oxygen atoms in total. The average Bonchev–Trinajstić information content (AvgIpc) is 2.61. The molecule has 1 aromatic rings. The van der Waals surface area contributed by atoms with E-state index in [4.69, 9.17) is 5.73 Å². The molecule has 0 aliphatic carbocycles. The molecule has 0 saturated carbocycles. The second kappa shape index (κ2) is 5.96. The van der Waals surface area contributed by atoms with Crippen molar-refractivity contribution in [1.82, 2.24) is 10.3 Å². The number of carbonyl (C=O) groups is 1. The number of nitrogens with zero attached hydrogens (tertiary/aromatic N) is 1. The van der Waals surface area contributed by atoms with Gasteiger partial charge in [-0.05, 0) is 26.8 Å². The van der Waals surface area contributed by atoms with Crippen molar-refractivity contribution in [3.05, 3.63) is 15.6 Å². The minimum absolute atomic E-state index is 0.233. The summed E-state index contributed by atoms with van der Waals surface area (Å²) < 4.78 is 0. The summed E-state index contributed by atoms with van der Waals surface area (Å²) >= 11 is 1.39. The molecule has 1 amide bonds. The van der Waals surface area contributed by atoms with Crippen LogP contribution in [0.3, 0.4) is 0 Å². The highest BCUT2D eigenvalue weighted by Crippen LogP contribution is 2.24. The van der Waals surface area contributed by atoms with Gasteiger partial charge < -0.3 is 11.1 Å². The normalized spacial score (nSPS) is 12.7. The Labute approximate surface area is 100 Å². The van der Waals surface area contributed by atoms with Gasteiger partial charge in [-0.2, -0.15) is 0 Å². The minimum Gasteiger partial charge on any atom is -0.364 e. The molecule has 0 bridgehead atoms. The van der Waals surface area contributed by atoms with Crippen molar-refractivity contribution in [2.45, 2.75) is 39.7 Å². The molecule has 0 aliphatic rings. The first-order valence-electron chi connectivity index (χ1n) is 5.56. The molecule has 0 radical (unpaired) electrons. The van der Waals surface area contributed by atoms with Crippen molar-refractivity contribution in [1.29, 1.82) is 0 Å². The fourth-order valence-corrected chi connectivity index (χ4v) is 2.45. The second-order valence-electron chi connectivity index (χ2n) is 3.86. The van der Waals surface area contributed by atoms with Crippen LogP contribution >= 0.6 is 11.3 Å². The van der Waals surface area contributed by atoms with Crippen molar-refractivity contribution < 1.29 is 4.79 Å². The van der Waals surface area contributed by atoms with Gasteiger partial charge in [-0.15, -0.1) is 11.3 Å². The molecule has 16 heavy (non-hydrogen) atoms. The Hall–Kier alpha value is -0.940. The van der Waals surface area contributed by atoms with Gasteiger partial charge in [0.15, 0.2) is 5.01 Å². The van der Waals surface area contributed by atoms with E-state index in [9.17, 15) is 4.79 Å². The van der Waals surface area contributed by atoms with Crippen molar-refractivity contribution in [2.75, 3.05) is 6.54 Å². The first kappa shape index (κ1) is 13.1. The predicted octanol–water partition coefficient (Wildman–Crippen LogP) is 2.00. The largest absolute Gasteiger partial charge is 0.364 e. The third-order valence-corrected chi connectivity index (χ3v) is 3.77. The van der Waals surface area contributed by atoms with E-state index in [1.807, 2.05) is 6.92 Å². The lowest BCUT2D eigenvalue weighted by Crippen LogP contribution is -2.19. The van der Waals surface area contributed by atoms with Crippen LogP contribution in [0.15, 0.2) is 0 Å². The van der Waals surface area contributed by atoms with Gasteiger partial charge in [0.1, 0.15) is 0 Å². The Morgan fingerprint density at radius 3 is 2.81 bits per heavy atom. The number of carbonyl (C=O) groups excluding carboxylic acids is 1. The molecule has 0 aromatic carbocycles. The highest BCUT2D eigenvalue weighted by atomic mass is 32.1. The number of hydrogen-bond acceptors (Lipinski definition) is 4. The van der Waals surface area contributed by atoms with Crippen LogP contribution in [0.2, 0.25) is 0 Å². The van der Waals surface area contributed by atoms with Crippen LogP contribution in [0.4, 0.5) is 0 Å². The van der Waals surface area contributed by atoms with E-state index in [0.717, 1.165) is 23.5 Å². The Kier molecular flexibility index (Phi) is 4.89. The van der Waals surface area contributed by atoms with Crippen molar-refractivity contribution in [3.63, 3.8) is 0 Å². The van der Waals surface area contributed by atoms with Crippen LogP contribution in [0.5, 0.6) is 0 Å². The van der Waals surface area contributed by atoms with Gasteiger partial charge in [-0.25, -0.2) is 4.98 Å². The molecule has 1 heterocycles. The third kappa shape index (κ3) is 3.28. The molecular formula is C11H19N3OS. The Balaban J connectivity index is 2.67. The molecule has 0 spiro atoms. The van der Waals surface area contributed by atoms with Gasteiger partial charge in [0.05, 0.1) is 5.69 Å². The monoisotopic (exact) mass is 241 g/mol. The first-order valence-corrected chi connectivity index (χ1v) is 6.38. The van der Waals surface area contributed by atoms with Crippen LogP contribution in [0, 0.1) is 6.92 Å². The number of unbranched alkanes of at least 4 members (excludes halogenated alkanes) is 1. The van der Waals surface area contributed by atoms with Gasteiger partial charge in [-0.3, -0.25) is 4.79 Å². The molecule has 0 saturated heterocycles. The number of primary amides is 1. The highest BCUT2D eigenvalue weighted by molar-refractivity contribution is 7.13. The number of nitrogens with two attached hydrogens (primary N) is 1. The van der Waals surface area contributed by atoms with Crippen LogP contribution < -0.4 is 11.1 Å². The lowest BCUT2D eigenvalue weighted by Gasteiger charge is -2.11. The molecule has 1 rings (SSSR count). The Morgan fingerprint density at radius 2 is 2.31 bits per heavy atom. The lowest BCUT2D eigenvalue weighted by atomic mass is 10.2. The van der Waals surface area contributed by atoms with E-state index >= 15 is 0 Å². The topological polar surface area (TPSA) is 68.0 Å². The van der Waals surface area contributed by atoms with Crippen LogP contribution in [-0.4, -0.2) is 17.4 Å². The molecule has 0 aliphatic heterocycles. The van der Waals surface area contributed by atoms with E-state index in [0.29, 0.717) is 5.01 Å². The highest BCUT2D eigenvalue weighted by Gasteiger charge is 2.15. The summed E-state index contributed by atoms with van der Waals surface area (Å²) in [7, 11) is 0. The van der Waals surface area contributed by atoms with E-state index < -0.39 is 5.91 Å². The summed E-state index contributed by atoms with van der Waals surface area (Å²) in [4.78, 5) is 16.3. The molecular weight excluding hydrogens is 222 g/mol. The van der Waals surface area contributed by atoms with Crippen LogP contribution in [0.25, 0.3) is 0 Å². The zero-order chi connectivity index (χ0) is 12.1. The van der Waals surface area contributed by atoms with E-state index in [-0.39, 0.29) is 6.04 Å². The lowest BCUT2D eigenvalue weighted by molar-refractivity contribution is 0.1000. The van der Waals surface area contributed by atoms with Crippen LogP contribution in [-0.2, 0) is 0 Å². The van der Waals surface area contributed by atoms with Crippen molar-refractivity contribution in [2.24, 2.45) is 5.73 Å². The zero-order valence-corrected chi connectivity index (χ0v) is 10.9. The maximum atomic E-state index is 11.0. The number of amides is 1. The smallest absolute Gasteiger partial charge is 0.277 e. The van der Waals surface area contributed by atoms with E-state index in [1.165, 1.54) is 17.8 Å². The maximum absolute atomic E-state index is 11.0. The SMILES string of the molecule is CCCCNC(C)c1sc(C(N)=O)nc1C. The summed E-state index contributed by atoms with van der Waals surface area (Å²) in [6.07, 6.45) is 2.33. The number of nitrogens with one attached hydrogen (secondary N) is 1. The predicted molar refractivity (Wildman–Crippen MR) is 66.7 cm³/mol.